The second kappa shape index (κ2) is 8.37. The van der Waals surface area contributed by atoms with E-state index >= 15 is 0 Å². The monoisotopic (exact) mass is 408 g/mol. The van der Waals surface area contributed by atoms with Gasteiger partial charge in [-0.3, -0.25) is 9.00 Å². The van der Waals surface area contributed by atoms with Gasteiger partial charge in [0.2, 0.25) is 5.43 Å². The van der Waals surface area contributed by atoms with Crippen LogP contribution in [0.3, 0.4) is 0 Å². The van der Waals surface area contributed by atoms with Crippen molar-refractivity contribution in [3.05, 3.63) is 46.1 Å². The molecule has 1 saturated carbocycles. The number of ether oxygens (including phenoxy) is 1. The number of carbonyl (C=O) groups excluding carboxylic acids is 1. The minimum Gasteiger partial charge on any atom is -0.545 e. The van der Waals surface area contributed by atoms with Crippen LogP contribution < -0.4 is 44.8 Å². The molecule has 1 aromatic heterocycles. The second-order valence-corrected chi connectivity index (χ2v) is 8.09. The third-order valence-electron chi connectivity index (χ3n) is 4.87. The first-order valence-electron chi connectivity index (χ1n) is 8.70. The molecule has 0 N–H and O–H groups in total. The van der Waals surface area contributed by atoms with Gasteiger partial charge in [0.15, 0.2) is 11.3 Å². The van der Waals surface area contributed by atoms with E-state index in [0.717, 1.165) is 25.7 Å². The smallest absolute Gasteiger partial charge is 0.545 e. The molecule has 140 valence electrons. The van der Waals surface area contributed by atoms with Crippen LogP contribution in [0.25, 0.3) is 21.9 Å². The summed E-state index contributed by atoms with van der Waals surface area (Å²) in [4.78, 5) is 24.6. The van der Waals surface area contributed by atoms with E-state index in [2.05, 4.69) is 0 Å². The summed E-state index contributed by atoms with van der Waals surface area (Å²) in [6.07, 6.45) is 5.58. The van der Waals surface area contributed by atoms with Crippen LogP contribution in [0.15, 0.2) is 44.4 Å². The van der Waals surface area contributed by atoms with E-state index in [9.17, 15) is 18.9 Å². The third kappa shape index (κ3) is 3.89. The molecule has 1 atom stereocenters. The maximum absolute atomic E-state index is 13.0. The quantitative estimate of drug-likeness (QED) is 0.421. The van der Waals surface area contributed by atoms with Gasteiger partial charge in [-0.05, 0) is 55.5 Å². The standard InChI is InChI=1S/C20H18O6S.Na/c1-27(24)13-9-15-18(21)14-8-11(20(22)23)6-7-16(14)26-19(15)17(10-13)25-12-4-2-3-5-12;/h6-10,12H,2-5H2,1H3,(H,22,23);/q;+1/p-1. The van der Waals surface area contributed by atoms with Crippen molar-refractivity contribution < 1.29 is 52.8 Å². The van der Waals surface area contributed by atoms with Crippen molar-refractivity contribution in [1.29, 1.82) is 0 Å². The van der Waals surface area contributed by atoms with Crippen LogP contribution in [-0.2, 0) is 10.8 Å². The molecule has 4 rings (SSSR count). The number of carboxylic acid groups (broad SMARTS) is 1. The molecule has 28 heavy (non-hydrogen) atoms. The van der Waals surface area contributed by atoms with E-state index in [1.165, 1.54) is 30.5 Å². The minimum absolute atomic E-state index is 0. The first kappa shape index (κ1) is 21.0. The van der Waals surface area contributed by atoms with Gasteiger partial charge in [0.05, 0.1) is 22.8 Å². The Balaban J connectivity index is 0.00000225. The molecular weight excluding hydrogens is 391 g/mol. The molecule has 3 aromatic rings. The molecule has 1 aliphatic rings. The average molecular weight is 408 g/mol. The van der Waals surface area contributed by atoms with Crippen LogP contribution in [-0.4, -0.2) is 22.5 Å². The molecular formula is C20H17NaO6S. The van der Waals surface area contributed by atoms with E-state index in [1.807, 2.05) is 0 Å². The number of hydrogen-bond donors (Lipinski definition) is 0. The maximum atomic E-state index is 13.0. The molecule has 0 radical (unpaired) electrons. The van der Waals surface area contributed by atoms with E-state index in [1.54, 1.807) is 6.07 Å². The van der Waals surface area contributed by atoms with Crippen molar-refractivity contribution in [3.8, 4) is 5.75 Å². The van der Waals surface area contributed by atoms with Gasteiger partial charge in [0.25, 0.3) is 0 Å². The summed E-state index contributed by atoms with van der Waals surface area (Å²) >= 11 is 0. The largest absolute Gasteiger partial charge is 1.00 e. The molecule has 6 nitrogen and oxygen atoms in total. The molecule has 0 aliphatic heterocycles. The predicted molar refractivity (Wildman–Crippen MR) is 99.5 cm³/mol. The Kier molecular flexibility index (Phi) is 6.29. The van der Waals surface area contributed by atoms with E-state index in [-0.39, 0.29) is 63.2 Å². The van der Waals surface area contributed by atoms with Gasteiger partial charge in [0, 0.05) is 28.0 Å². The SMILES string of the molecule is CS(=O)c1cc(OC2CCCC2)c2oc3ccc(C(=O)[O-])cc3c(=O)c2c1.[Na+]. The molecule has 8 heteroatoms. The van der Waals surface area contributed by atoms with Gasteiger partial charge in [0.1, 0.15) is 5.58 Å². The van der Waals surface area contributed by atoms with E-state index < -0.39 is 22.2 Å². The van der Waals surface area contributed by atoms with E-state index in [0.29, 0.717) is 10.6 Å². The Bertz CT molecular complexity index is 1150. The Labute approximate surface area is 185 Å². The van der Waals surface area contributed by atoms with Crippen LogP contribution >= 0.6 is 0 Å². The van der Waals surface area contributed by atoms with Crippen molar-refractivity contribution >= 4 is 38.7 Å². The zero-order chi connectivity index (χ0) is 19.1. The number of carboxylic acids is 1. The predicted octanol–water partition coefficient (Wildman–Crippen LogP) is -0.627. The number of fused-ring (bicyclic) bond motifs is 2. The number of rotatable bonds is 4. The first-order valence-corrected chi connectivity index (χ1v) is 10.3. The molecule has 1 heterocycles. The normalized spacial score (nSPS) is 15.5. The number of aromatic carboxylic acids is 1. The van der Waals surface area contributed by atoms with Gasteiger partial charge in [-0.2, -0.15) is 0 Å². The maximum Gasteiger partial charge on any atom is 1.00 e. The summed E-state index contributed by atoms with van der Waals surface area (Å²) in [5.74, 6) is -0.974. The van der Waals surface area contributed by atoms with Gasteiger partial charge in [-0.1, -0.05) is 0 Å². The zero-order valence-corrected chi connectivity index (χ0v) is 18.5. The minimum atomic E-state index is -1.37. The summed E-state index contributed by atoms with van der Waals surface area (Å²) < 4.78 is 24.0. The third-order valence-corrected chi connectivity index (χ3v) is 5.77. The molecule has 1 aliphatic carbocycles. The molecule has 0 bridgehead atoms. The molecule has 0 saturated heterocycles. The van der Waals surface area contributed by atoms with Crippen LogP contribution in [0.5, 0.6) is 5.75 Å². The van der Waals surface area contributed by atoms with E-state index in [4.69, 9.17) is 9.15 Å². The average Bonchev–Trinajstić information content (AvgIpc) is 3.15. The van der Waals surface area contributed by atoms with Crippen molar-refractivity contribution in [1.82, 2.24) is 0 Å². The number of benzene rings is 2. The van der Waals surface area contributed by atoms with Crippen LogP contribution in [0.2, 0.25) is 0 Å². The second-order valence-electron chi connectivity index (χ2n) is 6.71. The molecule has 2 aromatic carbocycles. The van der Waals surface area contributed by atoms with Crippen molar-refractivity contribution in [2.24, 2.45) is 0 Å². The summed E-state index contributed by atoms with van der Waals surface area (Å²) in [5.41, 5.74) is 0.0543. The van der Waals surface area contributed by atoms with Gasteiger partial charge < -0.3 is 19.1 Å². The number of hydrogen-bond acceptors (Lipinski definition) is 6. The Morgan fingerprint density at radius 3 is 2.54 bits per heavy atom. The van der Waals surface area contributed by atoms with Gasteiger partial charge >= 0.3 is 29.6 Å². The molecule has 1 unspecified atom stereocenters. The van der Waals surface area contributed by atoms with Crippen LogP contribution in [0, 0.1) is 0 Å². The Hall–Kier alpha value is -1.67. The van der Waals surface area contributed by atoms with Crippen LogP contribution in [0.1, 0.15) is 36.0 Å². The fourth-order valence-corrected chi connectivity index (χ4v) is 4.03. The van der Waals surface area contributed by atoms with Gasteiger partial charge in [-0.15, -0.1) is 0 Å². The zero-order valence-electron chi connectivity index (χ0n) is 15.7. The molecule has 1 fully saturated rings. The van der Waals surface area contributed by atoms with Crippen molar-refractivity contribution in [3.63, 3.8) is 0 Å². The Morgan fingerprint density at radius 2 is 1.89 bits per heavy atom. The first-order chi connectivity index (χ1) is 12.9. The number of carbonyl (C=O) groups is 1. The summed E-state index contributed by atoms with van der Waals surface area (Å²) in [5, 5.41) is 11.5. The van der Waals surface area contributed by atoms with Crippen LogP contribution in [0.4, 0.5) is 0 Å². The fourth-order valence-electron chi connectivity index (χ4n) is 3.47. The summed E-state index contributed by atoms with van der Waals surface area (Å²) in [7, 11) is -1.32. The fraction of sp³-hybridized carbons (Fsp3) is 0.300. The molecule has 0 amide bonds. The Morgan fingerprint density at radius 1 is 1.18 bits per heavy atom. The van der Waals surface area contributed by atoms with Gasteiger partial charge in [-0.25, -0.2) is 0 Å². The van der Waals surface area contributed by atoms with Crippen molar-refractivity contribution in [2.75, 3.05) is 6.26 Å². The molecule has 0 spiro atoms. The van der Waals surface area contributed by atoms with Crippen molar-refractivity contribution in [2.45, 2.75) is 36.7 Å². The summed E-state index contributed by atoms with van der Waals surface area (Å²) in [6.45, 7) is 0. The topological polar surface area (TPSA) is 96.6 Å². The summed E-state index contributed by atoms with van der Waals surface area (Å²) in [6, 6.07) is 7.18.